The van der Waals surface area contributed by atoms with Gasteiger partial charge in [-0.2, -0.15) is 0 Å². The van der Waals surface area contributed by atoms with Gasteiger partial charge in [0.2, 0.25) is 5.91 Å². The molecule has 0 aliphatic heterocycles. The molecule has 0 bridgehead atoms. The SMILES string of the molecule is CCNC(=O)NC(=O)CNc1cc(OCC)c(NC(=O)c2ccccc2)cc1OCC. The number of hydrogen-bond acceptors (Lipinski definition) is 6. The molecule has 0 saturated heterocycles. The first kappa shape index (κ1) is 23.5. The maximum absolute atomic E-state index is 12.6. The molecule has 2 rings (SSSR count). The Labute approximate surface area is 181 Å². The lowest BCUT2D eigenvalue weighted by atomic mass is 10.2. The highest BCUT2D eigenvalue weighted by Crippen LogP contribution is 2.37. The third-order valence-electron chi connectivity index (χ3n) is 4.00. The van der Waals surface area contributed by atoms with Crippen LogP contribution in [0, 0.1) is 0 Å². The largest absolute Gasteiger partial charge is 0.492 e. The minimum absolute atomic E-state index is 0.154. The molecule has 0 radical (unpaired) electrons. The predicted molar refractivity (Wildman–Crippen MR) is 119 cm³/mol. The predicted octanol–water partition coefficient (Wildman–Crippen LogP) is 2.99. The van der Waals surface area contributed by atoms with Crippen LogP contribution in [0.3, 0.4) is 0 Å². The third-order valence-corrected chi connectivity index (χ3v) is 4.00. The standard InChI is InChI=1S/C22H28N4O5/c1-4-23-22(29)26-20(27)14-24-16-12-19(31-6-3)17(13-18(16)30-5-2)25-21(28)15-10-8-7-9-11-15/h7-13,24H,4-6,14H2,1-3H3,(H,25,28)(H2,23,26,27,29). The maximum atomic E-state index is 12.6. The van der Waals surface area contributed by atoms with Gasteiger partial charge in [0.15, 0.2) is 0 Å². The van der Waals surface area contributed by atoms with Crippen molar-refractivity contribution < 1.29 is 23.9 Å². The van der Waals surface area contributed by atoms with Crippen LogP contribution in [0.2, 0.25) is 0 Å². The highest BCUT2D eigenvalue weighted by atomic mass is 16.5. The zero-order valence-electron chi connectivity index (χ0n) is 17.9. The van der Waals surface area contributed by atoms with Crippen LogP contribution in [0.4, 0.5) is 16.2 Å². The first-order valence-corrected chi connectivity index (χ1v) is 10.1. The fourth-order valence-corrected chi connectivity index (χ4v) is 2.68. The monoisotopic (exact) mass is 428 g/mol. The lowest BCUT2D eigenvalue weighted by Gasteiger charge is -2.18. The first-order chi connectivity index (χ1) is 15.0. The summed E-state index contributed by atoms with van der Waals surface area (Å²) in [6.45, 7) is 6.41. The highest BCUT2D eigenvalue weighted by molar-refractivity contribution is 6.05. The van der Waals surface area contributed by atoms with E-state index in [-0.39, 0.29) is 12.5 Å². The number of benzene rings is 2. The van der Waals surface area contributed by atoms with E-state index in [1.807, 2.05) is 19.9 Å². The summed E-state index contributed by atoms with van der Waals surface area (Å²) in [4.78, 5) is 36.1. The lowest BCUT2D eigenvalue weighted by molar-refractivity contribution is -0.118. The van der Waals surface area contributed by atoms with E-state index in [1.165, 1.54) is 0 Å². The van der Waals surface area contributed by atoms with Crippen molar-refractivity contribution in [3.8, 4) is 11.5 Å². The van der Waals surface area contributed by atoms with Gasteiger partial charge in [0.1, 0.15) is 11.5 Å². The maximum Gasteiger partial charge on any atom is 0.321 e. The zero-order valence-corrected chi connectivity index (χ0v) is 17.9. The van der Waals surface area contributed by atoms with Crippen LogP contribution in [-0.4, -0.2) is 44.1 Å². The molecule has 9 nitrogen and oxygen atoms in total. The van der Waals surface area contributed by atoms with E-state index in [4.69, 9.17) is 9.47 Å². The Hall–Kier alpha value is -3.75. The smallest absolute Gasteiger partial charge is 0.321 e. The molecule has 0 aromatic heterocycles. The number of rotatable bonds is 10. The van der Waals surface area contributed by atoms with Crippen molar-refractivity contribution in [1.29, 1.82) is 0 Å². The molecule has 0 aliphatic rings. The molecule has 4 amide bonds. The van der Waals surface area contributed by atoms with Crippen molar-refractivity contribution in [2.45, 2.75) is 20.8 Å². The molecule has 0 fully saturated rings. The van der Waals surface area contributed by atoms with Crippen LogP contribution in [0.15, 0.2) is 42.5 Å². The Balaban J connectivity index is 2.22. The number of carbonyl (C=O) groups is 3. The van der Waals surface area contributed by atoms with Crippen LogP contribution in [0.1, 0.15) is 31.1 Å². The van der Waals surface area contributed by atoms with Gasteiger partial charge in [-0.1, -0.05) is 18.2 Å². The number of amides is 4. The molecule has 0 heterocycles. The summed E-state index contributed by atoms with van der Waals surface area (Å²) < 4.78 is 11.3. The molecule has 0 spiro atoms. The second-order valence-electron chi connectivity index (χ2n) is 6.29. The van der Waals surface area contributed by atoms with E-state index < -0.39 is 11.9 Å². The Bertz CT molecular complexity index is 902. The number of nitrogens with one attached hydrogen (secondary N) is 4. The lowest BCUT2D eigenvalue weighted by Crippen LogP contribution is -2.41. The number of imide groups is 1. The van der Waals surface area contributed by atoms with Crippen molar-refractivity contribution in [3.63, 3.8) is 0 Å². The van der Waals surface area contributed by atoms with Crippen molar-refractivity contribution >= 4 is 29.2 Å². The minimum Gasteiger partial charge on any atom is -0.492 e. The van der Waals surface area contributed by atoms with E-state index in [1.54, 1.807) is 43.3 Å². The summed E-state index contributed by atoms with van der Waals surface area (Å²) in [5.41, 5.74) is 1.44. The molecule has 31 heavy (non-hydrogen) atoms. The van der Waals surface area contributed by atoms with Gasteiger partial charge in [-0.15, -0.1) is 0 Å². The third kappa shape index (κ3) is 7.22. The fraction of sp³-hybridized carbons (Fsp3) is 0.318. The number of ether oxygens (including phenoxy) is 2. The minimum atomic E-state index is -0.562. The molecule has 0 aliphatic carbocycles. The normalized spacial score (nSPS) is 10.0. The number of hydrogen-bond donors (Lipinski definition) is 4. The van der Waals surface area contributed by atoms with Crippen LogP contribution < -0.4 is 30.7 Å². The summed E-state index contributed by atoms with van der Waals surface area (Å²) in [6, 6.07) is 11.5. The summed E-state index contributed by atoms with van der Waals surface area (Å²) >= 11 is 0. The van der Waals surface area contributed by atoms with Gasteiger partial charge in [-0.25, -0.2) is 4.79 Å². The van der Waals surface area contributed by atoms with Gasteiger partial charge in [-0.3, -0.25) is 14.9 Å². The van der Waals surface area contributed by atoms with E-state index in [2.05, 4.69) is 21.3 Å². The summed E-state index contributed by atoms with van der Waals surface area (Å²) in [7, 11) is 0. The fourth-order valence-electron chi connectivity index (χ4n) is 2.68. The second-order valence-corrected chi connectivity index (χ2v) is 6.29. The molecule has 2 aromatic carbocycles. The number of carbonyl (C=O) groups excluding carboxylic acids is 3. The van der Waals surface area contributed by atoms with Gasteiger partial charge in [0.25, 0.3) is 5.91 Å². The van der Waals surface area contributed by atoms with Gasteiger partial charge >= 0.3 is 6.03 Å². The Morgan fingerprint density at radius 3 is 2.10 bits per heavy atom. The quantitative estimate of drug-likeness (QED) is 0.462. The van der Waals surface area contributed by atoms with Gasteiger partial charge in [0.05, 0.1) is 31.1 Å². The number of anilines is 2. The van der Waals surface area contributed by atoms with Crippen LogP contribution in [0.5, 0.6) is 11.5 Å². The van der Waals surface area contributed by atoms with Crippen molar-refractivity contribution in [2.24, 2.45) is 0 Å². The summed E-state index contributed by atoms with van der Waals surface area (Å²) in [6.07, 6.45) is 0. The molecular weight excluding hydrogens is 400 g/mol. The number of urea groups is 1. The van der Waals surface area contributed by atoms with Crippen molar-refractivity contribution in [2.75, 3.05) is 36.9 Å². The van der Waals surface area contributed by atoms with E-state index >= 15 is 0 Å². The van der Waals surface area contributed by atoms with E-state index in [9.17, 15) is 14.4 Å². The molecule has 0 saturated carbocycles. The summed E-state index contributed by atoms with van der Waals surface area (Å²) in [5, 5.41) is 10.5. The first-order valence-electron chi connectivity index (χ1n) is 10.1. The molecule has 166 valence electrons. The molecule has 2 aromatic rings. The van der Waals surface area contributed by atoms with Crippen molar-refractivity contribution in [1.82, 2.24) is 10.6 Å². The zero-order chi connectivity index (χ0) is 22.6. The van der Waals surface area contributed by atoms with E-state index in [0.29, 0.717) is 48.2 Å². The molecule has 9 heteroatoms. The Morgan fingerprint density at radius 1 is 0.871 bits per heavy atom. The molecule has 4 N–H and O–H groups in total. The Kier molecular flexibility index (Phi) is 9.15. The van der Waals surface area contributed by atoms with Gasteiger partial charge in [-0.05, 0) is 32.9 Å². The highest BCUT2D eigenvalue weighted by Gasteiger charge is 2.16. The molecule has 0 unspecified atom stereocenters. The second kappa shape index (κ2) is 12.1. The average molecular weight is 428 g/mol. The van der Waals surface area contributed by atoms with Gasteiger partial charge in [0, 0.05) is 24.2 Å². The molecular formula is C22H28N4O5. The van der Waals surface area contributed by atoms with Crippen LogP contribution >= 0.6 is 0 Å². The average Bonchev–Trinajstić information content (AvgIpc) is 2.75. The topological polar surface area (TPSA) is 118 Å². The van der Waals surface area contributed by atoms with Crippen molar-refractivity contribution in [3.05, 3.63) is 48.0 Å². The van der Waals surface area contributed by atoms with Crippen LogP contribution in [-0.2, 0) is 4.79 Å². The summed E-state index contributed by atoms with van der Waals surface area (Å²) in [5.74, 6) is 0.0563. The Morgan fingerprint density at radius 2 is 1.48 bits per heavy atom. The van der Waals surface area contributed by atoms with Crippen LogP contribution in [0.25, 0.3) is 0 Å². The van der Waals surface area contributed by atoms with Gasteiger partial charge < -0.3 is 25.4 Å². The van der Waals surface area contributed by atoms with E-state index in [0.717, 1.165) is 0 Å². The molecule has 0 atom stereocenters.